The Kier molecular flexibility index (Phi) is 7.39. The molecule has 1 aliphatic heterocycles. The van der Waals surface area contributed by atoms with E-state index in [0.29, 0.717) is 37.6 Å². The fourth-order valence-electron chi connectivity index (χ4n) is 2.69. The maximum absolute atomic E-state index is 12.5. The van der Waals surface area contributed by atoms with Gasteiger partial charge in [0.15, 0.2) is 0 Å². The average Bonchev–Trinajstić information content (AvgIpc) is 2.62. The van der Waals surface area contributed by atoms with Crippen molar-refractivity contribution < 1.29 is 22.7 Å². The molecule has 9 heteroatoms. The summed E-state index contributed by atoms with van der Waals surface area (Å²) in [5, 5.41) is 2.77. The zero-order chi connectivity index (χ0) is 19.2. The van der Waals surface area contributed by atoms with Gasteiger partial charge in [0, 0.05) is 26.2 Å². The summed E-state index contributed by atoms with van der Waals surface area (Å²) in [6.45, 7) is 7.55. The minimum atomic E-state index is -3.79. The van der Waals surface area contributed by atoms with E-state index in [9.17, 15) is 13.2 Å². The first-order valence-corrected chi connectivity index (χ1v) is 10.1. The molecule has 0 saturated carbocycles. The van der Waals surface area contributed by atoms with Crippen molar-refractivity contribution in [1.29, 1.82) is 0 Å². The molecule has 8 nitrogen and oxygen atoms in total. The molecule has 146 valence electrons. The van der Waals surface area contributed by atoms with E-state index in [1.54, 1.807) is 13.0 Å². The van der Waals surface area contributed by atoms with Crippen LogP contribution in [0.1, 0.15) is 12.5 Å². The molecule has 0 bridgehead atoms. The number of nitrogens with zero attached hydrogens (tertiary/aromatic N) is 1. The van der Waals surface area contributed by atoms with E-state index in [2.05, 4.69) is 14.9 Å². The molecule has 2 rings (SSSR count). The van der Waals surface area contributed by atoms with Crippen LogP contribution in [-0.4, -0.2) is 71.8 Å². The van der Waals surface area contributed by atoms with Crippen molar-refractivity contribution in [3.8, 4) is 5.75 Å². The minimum absolute atomic E-state index is 0.101. The summed E-state index contributed by atoms with van der Waals surface area (Å²) in [4.78, 5) is 14.5. The Balaban J connectivity index is 1.87. The quantitative estimate of drug-likeness (QED) is 0.660. The SMILES string of the molecule is COc1ccc(S(=O)(=O)N[C@H](C)C(=O)NCCN2CCOCC2)cc1C. The molecule has 1 heterocycles. The molecule has 1 aromatic carbocycles. The third-order valence-electron chi connectivity index (χ3n) is 4.23. The second-order valence-corrected chi connectivity index (χ2v) is 7.93. The zero-order valence-electron chi connectivity index (χ0n) is 15.4. The van der Waals surface area contributed by atoms with Crippen LogP contribution in [0.25, 0.3) is 0 Å². The number of nitrogens with one attached hydrogen (secondary N) is 2. The van der Waals surface area contributed by atoms with Crippen LogP contribution in [0.2, 0.25) is 0 Å². The van der Waals surface area contributed by atoms with E-state index in [-0.39, 0.29) is 10.8 Å². The number of benzene rings is 1. The summed E-state index contributed by atoms with van der Waals surface area (Å²) in [6.07, 6.45) is 0. The predicted octanol–water partition coefficient (Wildman–Crippen LogP) is 0.119. The molecule has 26 heavy (non-hydrogen) atoms. The summed E-state index contributed by atoms with van der Waals surface area (Å²) in [6, 6.07) is 3.70. The fourth-order valence-corrected chi connectivity index (χ4v) is 3.98. The number of hydrogen-bond donors (Lipinski definition) is 2. The summed E-state index contributed by atoms with van der Waals surface area (Å²) < 4.78 is 37.7. The van der Waals surface area contributed by atoms with Gasteiger partial charge in [-0.25, -0.2) is 8.42 Å². The molecule has 0 unspecified atom stereocenters. The van der Waals surface area contributed by atoms with Crippen molar-refractivity contribution in [2.24, 2.45) is 0 Å². The van der Waals surface area contributed by atoms with Gasteiger partial charge in [0.25, 0.3) is 0 Å². The largest absolute Gasteiger partial charge is 0.496 e. The molecule has 1 atom stereocenters. The standard InChI is InChI=1S/C17H27N3O5S/c1-13-12-15(4-5-16(13)24-3)26(22,23)19-14(2)17(21)18-6-7-20-8-10-25-11-9-20/h4-5,12,14,19H,6-11H2,1-3H3,(H,18,21)/t14-/m1/s1. The van der Waals surface area contributed by atoms with Gasteiger partial charge in [-0.15, -0.1) is 0 Å². The van der Waals surface area contributed by atoms with Gasteiger partial charge >= 0.3 is 0 Å². The summed E-state index contributed by atoms with van der Waals surface area (Å²) in [5.41, 5.74) is 0.706. The number of carbonyl (C=O) groups excluding carboxylic acids is 1. The van der Waals surface area contributed by atoms with E-state index < -0.39 is 16.1 Å². The molecular formula is C17H27N3O5S. The molecule has 0 spiro atoms. The van der Waals surface area contributed by atoms with Crippen LogP contribution in [0.5, 0.6) is 5.75 Å². The summed E-state index contributed by atoms with van der Waals surface area (Å²) >= 11 is 0. The van der Waals surface area contributed by atoms with Crippen LogP contribution in [0.3, 0.4) is 0 Å². The van der Waals surface area contributed by atoms with Crippen LogP contribution < -0.4 is 14.8 Å². The molecule has 1 amide bonds. The van der Waals surface area contributed by atoms with Gasteiger partial charge in [-0.1, -0.05) is 0 Å². The second kappa shape index (κ2) is 9.31. The van der Waals surface area contributed by atoms with Gasteiger partial charge in [0.05, 0.1) is 31.3 Å². The number of hydrogen-bond acceptors (Lipinski definition) is 6. The van der Waals surface area contributed by atoms with Gasteiger partial charge in [-0.05, 0) is 37.6 Å². The highest BCUT2D eigenvalue weighted by atomic mass is 32.2. The first kappa shape index (κ1) is 20.6. The van der Waals surface area contributed by atoms with Crippen LogP contribution >= 0.6 is 0 Å². The van der Waals surface area contributed by atoms with Gasteiger partial charge in [0.2, 0.25) is 15.9 Å². The normalized spacial score (nSPS) is 16.9. The van der Waals surface area contributed by atoms with E-state index in [0.717, 1.165) is 13.1 Å². The van der Waals surface area contributed by atoms with E-state index >= 15 is 0 Å². The molecule has 2 N–H and O–H groups in total. The molecule has 1 aliphatic rings. The maximum Gasteiger partial charge on any atom is 0.241 e. The van der Waals surface area contributed by atoms with Crippen molar-refractivity contribution in [3.05, 3.63) is 23.8 Å². The lowest BCUT2D eigenvalue weighted by Gasteiger charge is -2.26. The Morgan fingerprint density at radius 2 is 2.04 bits per heavy atom. The first-order chi connectivity index (χ1) is 12.3. The van der Waals surface area contributed by atoms with E-state index in [1.165, 1.54) is 26.2 Å². The zero-order valence-corrected chi connectivity index (χ0v) is 16.3. The molecular weight excluding hydrogens is 358 g/mol. The monoisotopic (exact) mass is 385 g/mol. The number of ether oxygens (including phenoxy) is 2. The fraction of sp³-hybridized carbons (Fsp3) is 0.588. The van der Waals surface area contributed by atoms with Crippen molar-refractivity contribution >= 4 is 15.9 Å². The Hall–Kier alpha value is -1.68. The summed E-state index contributed by atoms with van der Waals surface area (Å²) in [5.74, 6) is 0.255. The number of rotatable bonds is 8. The number of sulfonamides is 1. The Bertz CT molecular complexity index is 717. The minimum Gasteiger partial charge on any atom is -0.496 e. The average molecular weight is 385 g/mol. The molecule has 1 saturated heterocycles. The van der Waals surface area contributed by atoms with Crippen LogP contribution in [0, 0.1) is 6.92 Å². The Morgan fingerprint density at radius 1 is 1.35 bits per heavy atom. The van der Waals surface area contributed by atoms with Gasteiger partial charge in [0.1, 0.15) is 5.75 Å². The van der Waals surface area contributed by atoms with E-state index in [4.69, 9.17) is 9.47 Å². The number of morpholine rings is 1. The number of methoxy groups -OCH3 is 1. The molecule has 0 radical (unpaired) electrons. The molecule has 0 aliphatic carbocycles. The third-order valence-corrected chi connectivity index (χ3v) is 5.77. The molecule has 0 aromatic heterocycles. The van der Waals surface area contributed by atoms with E-state index in [1.807, 2.05) is 0 Å². The Labute approximate surface area is 154 Å². The van der Waals surface area contributed by atoms with Gasteiger partial charge < -0.3 is 14.8 Å². The highest BCUT2D eigenvalue weighted by molar-refractivity contribution is 7.89. The van der Waals surface area contributed by atoms with Crippen LogP contribution in [0.15, 0.2) is 23.1 Å². The van der Waals surface area contributed by atoms with Crippen LogP contribution in [0.4, 0.5) is 0 Å². The first-order valence-electron chi connectivity index (χ1n) is 8.58. The highest BCUT2D eigenvalue weighted by Gasteiger charge is 2.22. The van der Waals surface area contributed by atoms with Crippen molar-refractivity contribution in [3.63, 3.8) is 0 Å². The molecule has 1 fully saturated rings. The summed E-state index contributed by atoms with van der Waals surface area (Å²) in [7, 11) is -2.26. The lowest BCUT2D eigenvalue weighted by Crippen LogP contribution is -2.47. The van der Waals surface area contributed by atoms with Gasteiger partial charge in [-0.2, -0.15) is 4.72 Å². The van der Waals surface area contributed by atoms with Crippen molar-refractivity contribution in [2.75, 3.05) is 46.5 Å². The van der Waals surface area contributed by atoms with Gasteiger partial charge in [-0.3, -0.25) is 9.69 Å². The number of aryl methyl sites for hydroxylation is 1. The highest BCUT2D eigenvalue weighted by Crippen LogP contribution is 2.21. The van der Waals surface area contributed by atoms with Crippen LogP contribution in [-0.2, 0) is 19.6 Å². The predicted molar refractivity (Wildman–Crippen MR) is 97.8 cm³/mol. The van der Waals surface area contributed by atoms with Crippen molar-refractivity contribution in [1.82, 2.24) is 14.9 Å². The topological polar surface area (TPSA) is 97.0 Å². The third kappa shape index (κ3) is 5.66. The number of carbonyl (C=O) groups is 1. The number of amides is 1. The second-order valence-electron chi connectivity index (χ2n) is 6.22. The molecule has 1 aromatic rings. The maximum atomic E-state index is 12.5. The van der Waals surface area contributed by atoms with Crippen molar-refractivity contribution in [2.45, 2.75) is 24.8 Å². The lowest BCUT2D eigenvalue weighted by atomic mass is 10.2. The lowest BCUT2D eigenvalue weighted by molar-refractivity contribution is -0.122. The Morgan fingerprint density at radius 3 is 2.65 bits per heavy atom. The smallest absolute Gasteiger partial charge is 0.241 e.